The summed E-state index contributed by atoms with van der Waals surface area (Å²) in [5.74, 6) is 0.665. The lowest BCUT2D eigenvalue weighted by Crippen LogP contribution is -2.59. The molecule has 1 N–H and O–H groups in total. The molecule has 0 aliphatic heterocycles. The maximum absolute atomic E-state index is 10.1. The van der Waals surface area contributed by atoms with Crippen molar-refractivity contribution >= 4 is 0 Å². The van der Waals surface area contributed by atoms with Crippen molar-refractivity contribution in [3.05, 3.63) is 0 Å². The Hall–Kier alpha value is -0.0800. The molecule has 0 amide bonds. The fraction of sp³-hybridized carbons (Fsp3) is 1.00. The van der Waals surface area contributed by atoms with Gasteiger partial charge in [0, 0.05) is 18.4 Å². The molecule has 2 rings (SSSR count). The Balaban J connectivity index is 1.81. The van der Waals surface area contributed by atoms with Crippen LogP contribution in [0.25, 0.3) is 0 Å². The molecule has 0 saturated heterocycles. The third-order valence-electron chi connectivity index (χ3n) is 4.89. The monoisotopic (exact) mass is 240 g/mol. The second kappa shape index (κ2) is 5.71. The molecule has 2 fully saturated rings. The average Bonchev–Trinajstić information content (AvgIpc) is 2.35. The highest BCUT2D eigenvalue weighted by Crippen LogP contribution is 2.53. The van der Waals surface area contributed by atoms with Gasteiger partial charge in [-0.2, -0.15) is 0 Å². The van der Waals surface area contributed by atoms with E-state index in [2.05, 4.69) is 13.8 Å². The van der Waals surface area contributed by atoms with Gasteiger partial charge < -0.3 is 9.84 Å². The normalized spacial score (nSPS) is 33.4. The molecule has 3 atom stereocenters. The van der Waals surface area contributed by atoms with E-state index in [4.69, 9.17) is 4.74 Å². The summed E-state index contributed by atoms with van der Waals surface area (Å²) in [4.78, 5) is 0. The van der Waals surface area contributed by atoms with Gasteiger partial charge in [-0.25, -0.2) is 0 Å². The zero-order valence-electron chi connectivity index (χ0n) is 11.5. The molecule has 0 radical (unpaired) electrons. The minimum Gasteiger partial charge on any atom is -0.392 e. The van der Waals surface area contributed by atoms with Gasteiger partial charge in [0.15, 0.2) is 0 Å². The first kappa shape index (κ1) is 13.4. The molecule has 3 unspecified atom stereocenters. The fourth-order valence-electron chi connectivity index (χ4n) is 3.68. The summed E-state index contributed by atoms with van der Waals surface area (Å²) in [5.41, 5.74) is 0.143. The predicted octanol–water partition coefficient (Wildman–Crippen LogP) is 3.52. The lowest BCUT2D eigenvalue weighted by Gasteiger charge is -2.55. The molecule has 17 heavy (non-hydrogen) atoms. The lowest BCUT2D eigenvalue weighted by atomic mass is 9.56. The zero-order valence-corrected chi connectivity index (χ0v) is 11.5. The van der Waals surface area contributed by atoms with Crippen LogP contribution in [0.2, 0.25) is 0 Å². The summed E-state index contributed by atoms with van der Waals surface area (Å²) in [6.45, 7) is 5.38. The standard InChI is InChI=1S/C15H28O2/c1-3-7-12(2)11-17-14-10-13(16)15(14)8-5-4-6-9-15/h12-14,16H,3-11H2,1-2H3. The van der Waals surface area contributed by atoms with Crippen molar-refractivity contribution in [1.82, 2.24) is 0 Å². The average molecular weight is 240 g/mol. The van der Waals surface area contributed by atoms with Crippen LogP contribution >= 0.6 is 0 Å². The summed E-state index contributed by atoms with van der Waals surface area (Å²) in [7, 11) is 0. The summed E-state index contributed by atoms with van der Waals surface area (Å²) in [5, 5.41) is 10.1. The van der Waals surface area contributed by atoms with Gasteiger partial charge in [-0.05, 0) is 25.2 Å². The van der Waals surface area contributed by atoms with Crippen LogP contribution in [-0.4, -0.2) is 23.9 Å². The number of hydrogen-bond acceptors (Lipinski definition) is 2. The highest BCUT2D eigenvalue weighted by molar-refractivity contribution is 5.05. The van der Waals surface area contributed by atoms with E-state index >= 15 is 0 Å². The summed E-state index contributed by atoms with van der Waals surface area (Å²) < 4.78 is 6.10. The third-order valence-corrected chi connectivity index (χ3v) is 4.89. The van der Waals surface area contributed by atoms with Crippen molar-refractivity contribution < 1.29 is 9.84 Å². The Morgan fingerprint density at radius 3 is 2.59 bits per heavy atom. The van der Waals surface area contributed by atoms with Crippen LogP contribution in [0, 0.1) is 11.3 Å². The van der Waals surface area contributed by atoms with E-state index in [1.54, 1.807) is 0 Å². The number of aliphatic hydroxyl groups is 1. The first-order chi connectivity index (χ1) is 8.19. The molecule has 100 valence electrons. The summed E-state index contributed by atoms with van der Waals surface area (Å²) in [6.07, 6.45) is 9.88. The van der Waals surface area contributed by atoms with Crippen molar-refractivity contribution in [1.29, 1.82) is 0 Å². The van der Waals surface area contributed by atoms with E-state index in [1.165, 1.54) is 44.9 Å². The second-order valence-corrected chi connectivity index (χ2v) is 6.26. The Morgan fingerprint density at radius 2 is 2.00 bits per heavy atom. The first-order valence-corrected chi connectivity index (χ1v) is 7.48. The number of hydrogen-bond donors (Lipinski definition) is 1. The van der Waals surface area contributed by atoms with Crippen LogP contribution in [0.5, 0.6) is 0 Å². The minimum atomic E-state index is -0.0886. The lowest BCUT2D eigenvalue weighted by molar-refractivity contribution is -0.209. The van der Waals surface area contributed by atoms with E-state index in [1.807, 2.05) is 0 Å². The maximum Gasteiger partial charge on any atom is 0.0681 e. The van der Waals surface area contributed by atoms with Crippen LogP contribution in [0.15, 0.2) is 0 Å². The molecule has 0 aromatic heterocycles. The molecular formula is C15H28O2. The van der Waals surface area contributed by atoms with Crippen molar-refractivity contribution in [2.24, 2.45) is 11.3 Å². The first-order valence-electron chi connectivity index (χ1n) is 7.48. The molecule has 0 aromatic carbocycles. The van der Waals surface area contributed by atoms with Crippen LogP contribution in [0.4, 0.5) is 0 Å². The van der Waals surface area contributed by atoms with Crippen LogP contribution in [-0.2, 0) is 4.74 Å². The van der Waals surface area contributed by atoms with Crippen molar-refractivity contribution in [2.45, 2.75) is 77.4 Å². The SMILES string of the molecule is CCCC(C)COC1CC(O)C12CCCCC2. The smallest absolute Gasteiger partial charge is 0.0681 e. The van der Waals surface area contributed by atoms with Crippen LogP contribution in [0.1, 0.15) is 65.2 Å². The van der Waals surface area contributed by atoms with Crippen molar-refractivity contribution in [2.75, 3.05) is 6.61 Å². The Morgan fingerprint density at radius 1 is 1.29 bits per heavy atom. The molecule has 0 bridgehead atoms. The van der Waals surface area contributed by atoms with Crippen LogP contribution in [0.3, 0.4) is 0 Å². The molecule has 2 heteroatoms. The number of rotatable bonds is 5. The van der Waals surface area contributed by atoms with Crippen molar-refractivity contribution in [3.8, 4) is 0 Å². The Bertz CT molecular complexity index is 233. The van der Waals surface area contributed by atoms with Gasteiger partial charge in [0.25, 0.3) is 0 Å². The highest BCUT2D eigenvalue weighted by atomic mass is 16.5. The largest absolute Gasteiger partial charge is 0.392 e. The molecule has 2 aliphatic rings. The second-order valence-electron chi connectivity index (χ2n) is 6.26. The van der Waals surface area contributed by atoms with E-state index in [0.717, 1.165) is 13.0 Å². The van der Waals surface area contributed by atoms with Gasteiger partial charge in [-0.15, -0.1) is 0 Å². The number of aliphatic hydroxyl groups excluding tert-OH is 1. The Labute approximate surface area is 106 Å². The van der Waals surface area contributed by atoms with Gasteiger partial charge in [0.05, 0.1) is 12.2 Å². The quantitative estimate of drug-likeness (QED) is 0.796. The van der Waals surface area contributed by atoms with Gasteiger partial charge in [0.1, 0.15) is 0 Å². The third kappa shape index (κ3) is 2.68. The van der Waals surface area contributed by atoms with Gasteiger partial charge in [0.2, 0.25) is 0 Å². The van der Waals surface area contributed by atoms with E-state index in [-0.39, 0.29) is 11.5 Å². The molecule has 2 nitrogen and oxygen atoms in total. The van der Waals surface area contributed by atoms with E-state index < -0.39 is 0 Å². The van der Waals surface area contributed by atoms with Gasteiger partial charge in [-0.1, -0.05) is 39.5 Å². The van der Waals surface area contributed by atoms with E-state index in [9.17, 15) is 5.11 Å². The Kier molecular flexibility index (Phi) is 4.48. The molecule has 1 spiro atoms. The molecule has 2 saturated carbocycles. The van der Waals surface area contributed by atoms with Gasteiger partial charge in [-0.3, -0.25) is 0 Å². The highest BCUT2D eigenvalue weighted by Gasteiger charge is 2.55. The summed E-state index contributed by atoms with van der Waals surface area (Å²) >= 11 is 0. The maximum atomic E-state index is 10.1. The fourth-order valence-corrected chi connectivity index (χ4v) is 3.68. The molecular weight excluding hydrogens is 212 g/mol. The molecule has 0 heterocycles. The zero-order chi connectivity index (χ0) is 12.3. The van der Waals surface area contributed by atoms with Crippen LogP contribution < -0.4 is 0 Å². The van der Waals surface area contributed by atoms with Crippen molar-refractivity contribution in [3.63, 3.8) is 0 Å². The van der Waals surface area contributed by atoms with E-state index in [0.29, 0.717) is 12.0 Å². The summed E-state index contributed by atoms with van der Waals surface area (Å²) in [6, 6.07) is 0. The topological polar surface area (TPSA) is 29.5 Å². The number of ether oxygens (including phenoxy) is 1. The minimum absolute atomic E-state index is 0.0886. The molecule has 0 aromatic rings. The predicted molar refractivity (Wildman–Crippen MR) is 70.0 cm³/mol. The van der Waals surface area contributed by atoms with Gasteiger partial charge >= 0.3 is 0 Å². The molecule has 2 aliphatic carbocycles.